The zero-order valence-electron chi connectivity index (χ0n) is 13.3. The van der Waals surface area contributed by atoms with Gasteiger partial charge in [0.2, 0.25) is 5.16 Å². The first-order valence-corrected chi connectivity index (χ1v) is 9.46. The van der Waals surface area contributed by atoms with Gasteiger partial charge >= 0.3 is 0 Å². The van der Waals surface area contributed by atoms with Crippen molar-refractivity contribution in [3.8, 4) is 22.0 Å². The van der Waals surface area contributed by atoms with E-state index in [4.69, 9.17) is 0 Å². The summed E-state index contributed by atoms with van der Waals surface area (Å²) in [5.41, 5.74) is 2.56. The van der Waals surface area contributed by atoms with Crippen LogP contribution in [-0.2, 0) is 5.75 Å². The number of nitrogens with zero attached hydrogens (tertiary/aromatic N) is 5. The van der Waals surface area contributed by atoms with Gasteiger partial charge in [-0.15, -0.1) is 16.4 Å². The summed E-state index contributed by atoms with van der Waals surface area (Å²) < 4.78 is 14.6. The molecule has 4 rings (SSSR count). The Balaban J connectivity index is 1.48. The molecule has 2 heterocycles. The number of rotatable bonds is 5. The van der Waals surface area contributed by atoms with Crippen LogP contribution >= 0.6 is 23.1 Å². The molecule has 0 radical (unpaired) electrons. The number of tetrazole rings is 1. The topological polar surface area (TPSA) is 76.7 Å². The highest BCUT2D eigenvalue weighted by atomic mass is 32.2. The Morgan fingerprint density at radius 1 is 1.08 bits per heavy atom. The van der Waals surface area contributed by atoms with E-state index in [2.05, 4.69) is 20.5 Å². The summed E-state index contributed by atoms with van der Waals surface area (Å²) in [6.07, 6.45) is 0. The summed E-state index contributed by atoms with van der Waals surface area (Å²) >= 11 is 2.98. The van der Waals surface area contributed by atoms with E-state index >= 15 is 0 Å². The number of phenols is 1. The molecule has 6 nitrogen and oxygen atoms in total. The average Bonchev–Trinajstić information content (AvgIpc) is 3.30. The van der Waals surface area contributed by atoms with Crippen molar-refractivity contribution >= 4 is 23.1 Å². The number of benzene rings is 2. The Hall–Kier alpha value is -2.78. The standard InChI is InChI=1S/C17H12FN5OS2/c18-12-3-1-11(2-4-12)16-19-13(9-25-16)10-26-17-20-21-22-23(17)14-5-7-15(24)8-6-14/h1-9,24H,10H2. The molecule has 2 aromatic carbocycles. The van der Waals surface area contributed by atoms with Crippen molar-refractivity contribution in [3.63, 3.8) is 0 Å². The van der Waals surface area contributed by atoms with Crippen LogP contribution in [0.2, 0.25) is 0 Å². The fourth-order valence-corrected chi connectivity index (χ4v) is 3.98. The van der Waals surface area contributed by atoms with E-state index in [0.29, 0.717) is 10.9 Å². The summed E-state index contributed by atoms with van der Waals surface area (Å²) in [7, 11) is 0. The summed E-state index contributed by atoms with van der Waals surface area (Å²) in [5.74, 6) is 0.532. The molecule has 26 heavy (non-hydrogen) atoms. The van der Waals surface area contributed by atoms with Gasteiger partial charge in [-0.2, -0.15) is 4.68 Å². The molecule has 0 unspecified atom stereocenters. The minimum atomic E-state index is -0.262. The van der Waals surface area contributed by atoms with Gasteiger partial charge in [0.25, 0.3) is 0 Å². The molecule has 0 aliphatic carbocycles. The maximum Gasteiger partial charge on any atom is 0.214 e. The van der Waals surface area contributed by atoms with Crippen molar-refractivity contribution in [1.29, 1.82) is 0 Å². The molecule has 4 aromatic rings. The lowest BCUT2D eigenvalue weighted by Gasteiger charge is -2.03. The molecule has 0 atom stereocenters. The first kappa shape index (κ1) is 16.7. The number of thiazole rings is 1. The molecule has 0 bridgehead atoms. The number of phenolic OH excluding ortho intramolecular Hbond substituents is 1. The first-order valence-electron chi connectivity index (χ1n) is 7.60. The van der Waals surface area contributed by atoms with E-state index in [-0.39, 0.29) is 11.6 Å². The number of hydrogen-bond acceptors (Lipinski definition) is 7. The van der Waals surface area contributed by atoms with Crippen LogP contribution in [0.3, 0.4) is 0 Å². The minimum absolute atomic E-state index is 0.187. The molecule has 0 amide bonds. The smallest absolute Gasteiger partial charge is 0.214 e. The van der Waals surface area contributed by atoms with Crippen LogP contribution in [0.4, 0.5) is 4.39 Å². The van der Waals surface area contributed by atoms with Crippen LogP contribution in [0.25, 0.3) is 16.3 Å². The number of aromatic nitrogens is 5. The van der Waals surface area contributed by atoms with E-state index in [1.54, 1.807) is 41.1 Å². The van der Waals surface area contributed by atoms with Gasteiger partial charge in [-0.05, 0) is 59.0 Å². The lowest BCUT2D eigenvalue weighted by atomic mass is 10.2. The predicted molar refractivity (Wildman–Crippen MR) is 97.9 cm³/mol. The number of halogens is 1. The second-order valence-electron chi connectivity index (χ2n) is 5.33. The Bertz CT molecular complexity index is 1010. The molecule has 0 saturated heterocycles. The highest BCUT2D eigenvalue weighted by Gasteiger charge is 2.11. The first-order chi connectivity index (χ1) is 12.7. The van der Waals surface area contributed by atoms with Crippen LogP contribution in [0.1, 0.15) is 5.69 Å². The van der Waals surface area contributed by atoms with Crippen LogP contribution in [-0.4, -0.2) is 30.3 Å². The molecule has 0 saturated carbocycles. The fourth-order valence-electron chi connectivity index (χ4n) is 2.26. The molecular formula is C17H12FN5OS2. The molecule has 9 heteroatoms. The Morgan fingerprint density at radius 3 is 2.62 bits per heavy atom. The van der Waals surface area contributed by atoms with E-state index in [1.165, 1.54) is 35.2 Å². The SMILES string of the molecule is Oc1ccc(-n2nnnc2SCc2csc(-c3ccc(F)cc3)n2)cc1. The third kappa shape index (κ3) is 3.58. The molecule has 2 aromatic heterocycles. The van der Waals surface area contributed by atoms with E-state index in [1.807, 2.05) is 5.38 Å². The largest absolute Gasteiger partial charge is 0.508 e. The number of hydrogen-bond donors (Lipinski definition) is 1. The molecule has 0 spiro atoms. The molecule has 0 fully saturated rings. The number of thioether (sulfide) groups is 1. The maximum absolute atomic E-state index is 13.0. The quantitative estimate of drug-likeness (QED) is 0.525. The van der Waals surface area contributed by atoms with Crippen LogP contribution in [0.5, 0.6) is 5.75 Å². The zero-order chi connectivity index (χ0) is 17.9. The predicted octanol–water partition coefficient (Wildman–Crippen LogP) is 3.92. The van der Waals surface area contributed by atoms with Crippen LogP contribution < -0.4 is 0 Å². The Kier molecular flexibility index (Phi) is 4.63. The van der Waals surface area contributed by atoms with Gasteiger partial charge in [0.1, 0.15) is 16.6 Å². The average molecular weight is 385 g/mol. The van der Waals surface area contributed by atoms with Crippen molar-refractivity contribution in [1.82, 2.24) is 25.2 Å². The summed E-state index contributed by atoms with van der Waals surface area (Å²) in [6, 6.07) is 12.9. The second kappa shape index (κ2) is 7.22. The molecule has 130 valence electrons. The van der Waals surface area contributed by atoms with Gasteiger partial charge in [-0.3, -0.25) is 0 Å². The van der Waals surface area contributed by atoms with E-state index in [0.717, 1.165) is 22.0 Å². The van der Waals surface area contributed by atoms with Crippen LogP contribution in [0, 0.1) is 5.82 Å². The monoisotopic (exact) mass is 385 g/mol. The highest BCUT2D eigenvalue weighted by Crippen LogP contribution is 2.28. The van der Waals surface area contributed by atoms with Crippen molar-refractivity contribution in [3.05, 3.63) is 65.4 Å². The summed E-state index contributed by atoms with van der Waals surface area (Å²) in [4.78, 5) is 4.59. The minimum Gasteiger partial charge on any atom is -0.508 e. The molecule has 0 aliphatic rings. The number of aromatic hydroxyl groups is 1. The molecule has 0 aliphatic heterocycles. The van der Waals surface area contributed by atoms with E-state index < -0.39 is 0 Å². The second-order valence-corrected chi connectivity index (χ2v) is 7.13. The van der Waals surface area contributed by atoms with Crippen molar-refractivity contribution in [2.45, 2.75) is 10.9 Å². The molecular weight excluding hydrogens is 373 g/mol. The Morgan fingerprint density at radius 2 is 1.85 bits per heavy atom. The van der Waals surface area contributed by atoms with Gasteiger partial charge < -0.3 is 5.11 Å². The van der Waals surface area contributed by atoms with Crippen LogP contribution in [0.15, 0.2) is 59.1 Å². The third-order valence-corrected chi connectivity index (χ3v) is 5.42. The van der Waals surface area contributed by atoms with Gasteiger partial charge in [0.05, 0.1) is 11.4 Å². The van der Waals surface area contributed by atoms with Crippen molar-refractivity contribution in [2.24, 2.45) is 0 Å². The normalized spacial score (nSPS) is 11.0. The van der Waals surface area contributed by atoms with E-state index in [9.17, 15) is 9.50 Å². The summed E-state index contributed by atoms with van der Waals surface area (Å²) in [6.45, 7) is 0. The van der Waals surface area contributed by atoms with Gasteiger partial charge in [0.15, 0.2) is 0 Å². The van der Waals surface area contributed by atoms with Crippen molar-refractivity contribution in [2.75, 3.05) is 0 Å². The zero-order valence-corrected chi connectivity index (χ0v) is 14.9. The van der Waals surface area contributed by atoms with Gasteiger partial charge in [-0.25, -0.2) is 9.37 Å². The van der Waals surface area contributed by atoms with Gasteiger partial charge in [-0.1, -0.05) is 11.8 Å². The maximum atomic E-state index is 13.0. The molecule has 1 N–H and O–H groups in total. The Labute approximate surface area is 156 Å². The lowest BCUT2D eigenvalue weighted by Crippen LogP contribution is -1.98. The highest BCUT2D eigenvalue weighted by molar-refractivity contribution is 7.98. The summed E-state index contributed by atoms with van der Waals surface area (Å²) in [5, 5.41) is 24.6. The third-order valence-electron chi connectivity index (χ3n) is 3.53. The van der Waals surface area contributed by atoms with Crippen molar-refractivity contribution < 1.29 is 9.50 Å². The van der Waals surface area contributed by atoms with Gasteiger partial charge in [0, 0.05) is 16.7 Å². The fraction of sp³-hybridized carbons (Fsp3) is 0.0588. The lowest BCUT2D eigenvalue weighted by molar-refractivity contribution is 0.475.